The van der Waals surface area contributed by atoms with Crippen molar-refractivity contribution in [3.63, 3.8) is 0 Å². The van der Waals surface area contributed by atoms with E-state index in [0.717, 1.165) is 11.6 Å². The number of aromatic nitrogens is 1. The topological polar surface area (TPSA) is 54.5 Å². The average molecular weight is 428 g/mol. The summed E-state index contributed by atoms with van der Waals surface area (Å²) in [5.74, 6) is 0.0431. The number of hydrogen-bond donors (Lipinski definition) is 1. The third-order valence-corrected chi connectivity index (χ3v) is 4.87. The molecule has 156 valence electrons. The van der Waals surface area contributed by atoms with E-state index in [1.54, 1.807) is 4.90 Å². The van der Waals surface area contributed by atoms with E-state index in [1.807, 2.05) is 37.3 Å². The largest absolute Gasteiger partial charge is 0.417 e. The molecule has 1 aromatic heterocycles. The van der Waals surface area contributed by atoms with Crippen molar-refractivity contribution in [3.05, 3.63) is 58.7 Å². The van der Waals surface area contributed by atoms with Gasteiger partial charge in [0, 0.05) is 25.7 Å². The van der Waals surface area contributed by atoms with Gasteiger partial charge in [-0.05, 0) is 18.6 Å². The first-order valence-corrected chi connectivity index (χ1v) is 9.56. The van der Waals surface area contributed by atoms with E-state index in [9.17, 15) is 18.0 Å². The minimum atomic E-state index is -4.51. The normalized spacial score (nSPS) is 19.8. The van der Waals surface area contributed by atoms with Crippen molar-refractivity contribution in [2.75, 3.05) is 25.0 Å². The van der Waals surface area contributed by atoms with Crippen LogP contribution in [-0.2, 0) is 15.7 Å². The van der Waals surface area contributed by atoms with Gasteiger partial charge < -0.3 is 15.0 Å². The Kier molecular flexibility index (Phi) is 6.64. The molecule has 0 radical (unpaired) electrons. The zero-order chi connectivity index (χ0) is 21.0. The summed E-state index contributed by atoms with van der Waals surface area (Å²) in [5.41, 5.74) is 0.0918. The Morgan fingerprint density at radius 1 is 1.31 bits per heavy atom. The van der Waals surface area contributed by atoms with Crippen molar-refractivity contribution in [2.45, 2.75) is 31.7 Å². The maximum absolute atomic E-state index is 12.7. The number of morpholine rings is 1. The summed E-state index contributed by atoms with van der Waals surface area (Å²) in [6, 6.07) is 10.5. The number of amides is 1. The fourth-order valence-electron chi connectivity index (χ4n) is 3.18. The number of nitrogens with zero attached hydrogens (tertiary/aromatic N) is 2. The number of carbonyl (C=O) groups excluding carboxylic acids is 1. The van der Waals surface area contributed by atoms with Gasteiger partial charge in [0.05, 0.1) is 23.2 Å². The number of ether oxygens (including phenoxy) is 1. The molecule has 29 heavy (non-hydrogen) atoms. The Bertz CT molecular complexity index is 849. The van der Waals surface area contributed by atoms with Crippen LogP contribution in [0.15, 0.2) is 42.6 Å². The third-order valence-electron chi connectivity index (χ3n) is 4.58. The standard InChI is InChI=1S/C20H21ClF3N3O2/c1-13-11-27(12-17(29-13)14-5-3-2-4-6-14)18(28)7-8-25-19-16(21)9-15(10-26-19)20(22,23)24/h2-6,9-10,13,17H,7-8,11-12H2,1H3,(H,25,26). The molecule has 0 bridgehead atoms. The summed E-state index contributed by atoms with van der Waals surface area (Å²) in [7, 11) is 0. The first-order valence-electron chi connectivity index (χ1n) is 9.19. The van der Waals surface area contributed by atoms with Gasteiger partial charge in [-0.2, -0.15) is 13.2 Å². The SMILES string of the molecule is CC1CN(C(=O)CCNc2ncc(C(F)(F)F)cc2Cl)CC(c2ccccc2)O1. The van der Waals surface area contributed by atoms with Crippen molar-refractivity contribution in [1.29, 1.82) is 0 Å². The van der Waals surface area contributed by atoms with E-state index >= 15 is 0 Å². The first-order chi connectivity index (χ1) is 13.7. The van der Waals surface area contributed by atoms with Crippen LogP contribution in [0.3, 0.4) is 0 Å². The Morgan fingerprint density at radius 3 is 2.69 bits per heavy atom. The Balaban J connectivity index is 1.55. The number of rotatable bonds is 5. The fraction of sp³-hybridized carbons (Fsp3) is 0.400. The molecule has 5 nitrogen and oxygen atoms in total. The maximum Gasteiger partial charge on any atom is 0.417 e. The quantitative estimate of drug-likeness (QED) is 0.761. The number of halogens is 4. The Morgan fingerprint density at radius 2 is 2.03 bits per heavy atom. The number of anilines is 1. The summed E-state index contributed by atoms with van der Waals surface area (Å²) < 4.78 is 44.0. The molecule has 2 unspecified atom stereocenters. The van der Waals surface area contributed by atoms with Crippen molar-refractivity contribution in [2.24, 2.45) is 0 Å². The van der Waals surface area contributed by atoms with Crippen molar-refractivity contribution in [1.82, 2.24) is 9.88 Å². The molecule has 2 aromatic rings. The van der Waals surface area contributed by atoms with Gasteiger partial charge in [-0.25, -0.2) is 4.98 Å². The van der Waals surface area contributed by atoms with Gasteiger partial charge in [-0.3, -0.25) is 4.79 Å². The Labute approximate surface area is 171 Å². The summed E-state index contributed by atoms with van der Waals surface area (Å²) in [6.07, 6.45) is -3.93. The van der Waals surface area contributed by atoms with Crippen LogP contribution < -0.4 is 5.32 Å². The van der Waals surface area contributed by atoms with Gasteiger partial charge >= 0.3 is 6.18 Å². The zero-order valence-electron chi connectivity index (χ0n) is 15.7. The lowest BCUT2D eigenvalue weighted by molar-refractivity contribution is -0.144. The predicted octanol–water partition coefficient (Wildman–Crippen LogP) is 4.54. The molecule has 0 aliphatic carbocycles. The second kappa shape index (κ2) is 9.00. The summed E-state index contributed by atoms with van der Waals surface area (Å²) in [5, 5.41) is 2.68. The molecule has 2 heterocycles. The van der Waals surface area contributed by atoms with Crippen LogP contribution in [0, 0.1) is 0 Å². The molecule has 3 rings (SSSR count). The number of pyridine rings is 1. The number of hydrogen-bond acceptors (Lipinski definition) is 4. The Hall–Kier alpha value is -2.32. The molecule has 9 heteroatoms. The molecule has 1 N–H and O–H groups in total. The highest BCUT2D eigenvalue weighted by molar-refractivity contribution is 6.32. The highest BCUT2D eigenvalue weighted by atomic mass is 35.5. The smallest absolute Gasteiger partial charge is 0.368 e. The average Bonchev–Trinajstić information content (AvgIpc) is 2.68. The van der Waals surface area contributed by atoms with Gasteiger partial charge in [0.15, 0.2) is 0 Å². The molecule has 0 saturated carbocycles. The maximum atomic E-state index is 12.7. The van der Waals surface area contributed by atoms with Gasteiger partial charge in [0.1, 0.15) is 11.9 Å². The van der Waals surface area contributed by atoms with Crippen LogP contribution in [0.2, 0.25) is 5.02 Å². The lowest BCUT2D eigenvalue weighted by atomic mass is 10.1. The molecule has 1 amide bonds. The fourth-order valence-corrected chi connectivity index (χ4v) is 3.41. The van der Waals surface area contributed by atoms with Crippen LogP contribution >= 0.6 is 11.6 Å². The van der Waals surface area contributed by atoms with Gasteiger partial charge in [-0.15, -0.1) is 0 Å². The van der Waals surface area contributed by atoms with Crippen LogP contribution in [0.4, 0.5) is 19.0 Å². The molecule has 1 aliphatic heterocycles. The highest BCUT2D eigenvalue weighted by Crippen LogP contribution is 2.32. The van der Waals surface area contributed by atoms with Crippen LogP contribution in [0.5, 0.6) is 0 Å². The molecular weight excluding hydrogens is 407 g/mol. The molecule has 1 aliphatic rings. The number of alkyl halides is 3. The molecule has 2 atom stereocenters. The first kappa shape index (κ1) is 21.4. The monoisotopic (exact) mass is 427 g/mol. The van der Waals surface area contributed by atoms with E-state index in [4.69, 9.17) is 16.3 Å². The van der Waals surface area contributed by atoms with E-state index in [1.165, 1.54) is 0 Å². The van der Waals surface area contributed by atoms with Crippen molar-refractivity contribution in [3.8, 4) is 0 Å². The summed E-state index contributed by atoms with van der Waals surface area (Å²) in [4.78, 5) is 18.1. The summed E-state index contributed by atoms with van der Waals surface area (Å²) in [6.45, 7) is 3.06. The zero-order valence-corrected chi connectivity index (χ0v) is 16.5. The minimum Gasteiger partial charge on any atom is -0.368 e. The summed E-state index contributed by atoms with van der Waals surface area (Å²) >= 11 is 5.87. The molecule has 1 aromatic carbocycles. The van der Waals surface area contributed by atoms with Crippen molar-refractivity contribution >= 4 is 23.3 Å². The van der Waals surface area contributed by atoms with Crippen molar-refractivity contribution < 1.29 is 22.7 Å². The molecule has 0 spiro atoms. The van der Waals surface area contributed by atoms with E-state index < -0.39 is 11.7 Å². The molecule has 1 fully saturated rings. The van der Waals surface area contributed by atoms with Crippen LogP contribution in [-0.4, -0.2) is 41.5 Å². The number of benzene rings is 1. The number of carbonyl (C=O) groups is 1. The second-order valence-corrected chi connectivity index (χ2v) is 7.28. The van der Waals surface area contributed by atoms with Gasteiger partial charge in [-0.1, -0.05) is 41.9 Å². The van der Waals surface area contributed by atoms with Gasteiger partial charge in [0.25, 0.3) is 0 Å². The van der Waals surface area contributed by atoms with Crippen LogP contribution in [0.25, 0.3) is 0 Å². The van der Waals surface area contributed by atoms with Gasteiger partial charge in [0.2, 0.25) is 5.91 Å². The van der Waals surface area contributed by atoms with E-state index in [-0.39, 0.29) is 41.9 Å². The highest BCUT2D eigenvalue weighted by Gasteiger charge is 2.32. The third kappa shape index (κ3) is 5.61. The lowest BCUT2D eigenvalue weighted by Crippen LogP contribution is -2.46. The molecule has 1 saturated heterocycles. The molecular formula is C20H21ClF3N3O2. The second-order valence-electron chi connectivity index (χ2n) is 6.87. The van der Waals surface area contributed by atoms with E-state index in [0.29, 0.717) is 19.3 Å². The minimum absolute atomic E-state index is 0.0726. The van der Waals surface area contributed by atoms with E-state index in [2.05, 4.69) is 10.3 Å². The lowest BCUT2D eigenvalue weighted by Gasteiger charge is -2.37. The number of nitrogens with one attached hydrogen (secondary N) is 1. The predicted molar refractivity (Wildman–Crippen MR) is 104 cm³/mol. The van der Waals surface area contributed by atoms with Crippen LogP contribution in [0.1, 0.15) is 30.6 Å².